The summed E-state index contributed by atoms with van der Waals surface area (Å²) in [6, 6.07) is 13.6. The van der Waals surface area contributed by atoms with Gasteiger partial charge in [0.15, 0.2) is 0 Å². The van der Waals surface area contributed by atoms with Gasteiger partial charge in [-0.15, -0.1) is 11.3 Å². The molecule has 156 valence electrons. The summed E-state index contributed by atoms with van der Waals surface area (Å²) in [6.07, 6.45) is 8.79. The van der Waals surface area contributed by atoms with Crippen molar-refractivity contribution in [2.24, 2.45) is 0 Å². The van der Waals surface area contributed by atoms with E-state index >= 15 is 0 Å². The number of likely N-dealkylation sites (N-methyl/N-ethyl adjacent to an activating group) is 1. The largest absolute Gasteiger partial charge is 0.335 e. The summed E-state index contributed by atoms with van der Waals surface area (Å²) < 4.78 is 0. The van der Waals surface area contributed by atoms with Crippen molar-refractivity contribution in [1.29, 1.82) is 0 Å². The third kappa shape index (κ3) is 5.31. The first kappa shape index (κ1) is 21.1. The van der Waals surface area contributed by atoms with E-state index in [0.717, 1.165) is 26.6 Å². The number of thioether (sulfide) groups is 1. The van der Waals surface area contributed by atoms with Gasteiger partial charge in [0.05, 0.1) is 10.6 Å². The van der Waals surface area contributed by atoms with Gasteiger partial charge in [0.25, 0.3) is 5.91 Å². The first-order valence-electron chi connectivity index (χ1n) is 9.86. The SMILES string of the molecule is CCN(Cc1cccnc1)C(=O)/C=C/c1csc(C=C2Sc3ccccc3NC2=O)c1. The van der Waals surface area contributed by atoms with E-state index in [-0.39, 0.29) is 11.8 Å². The fraction of sp³-hybridized carbons (Fsp3) is 0.125. The predicted octanol–water partition coefficient (Wildman–Crippen LogP) is 5.29. The third-order valence-electron chi connectivity index (χ3n) is 4.70. The number of para-hydroxylation sites is 1. The molecule has 1 aliphatic heterocycles. The summed E-state index contributed by atoms with van der Waals surface area (Å²) in [5.41, 5.74) is 2.78. The first-order valence-corrected chi connectivity index (χ1v) is 11.6. The Labute approximate surface area is 189 Å². The monoisotopic (exact) mass is 447 g/mol. The van der Waals surface area contributed by atoms with Crippen LogP contribution in [-0.4, -0.2) is 28.2 Å². The standard InChI is InChI=1S/C24H21N3O2S2/c1-2-27(15-18-6-5-11-25-14-18)23(28)10-9-17-12-19(30-16-17)13-22-24(29)26-20-7-3-4-8-21(20)31-22/h3-14,16H,2,15H2,1H3,(H,26,29)/b10-9+,22-13?. The summed E-state index contributed by atoms with van der Waals surface area (Å²) in [5, 5.41) is 4.90. The lowest BCUT2D eigenvalue weighted by Gasteiger charge is -2.18. The zero-order valence-electron chi connectivity index (χ0n) is 16.9. The van der Waals surface area contributed by atoms with Gasteiger partial charge in [0, 0.05) is 41.3 Å². The van der Waals surface area contributed by atoms with Gasteiger partial charge in [-0.25, -0.2) is 0 Å². The Hall–Kier alpha value is -3.16. The molecule has 1 aromatic carbocycles. The molecule has 0 spiro atoms. The molecule has 2 aromatic heterocycles. The molecule has 0 aliphatic carbocycles. The Bertz CT molecular complexity index is 1150. The van der Waals surface area contributed by atoms with Gasteiger partial charge in [-0.1, -0.05) is 30.0 Å². The molecule has 3 heterocycles. The number of carbonyl (C=O) groups is 2. The molecule has 1 N–H and O–H groups in total. The van der Waals surface area contributed by atoms with E-state index in [2.05, 4.69) is 10.3 Å². The highest BCUT2D eigenvalue weighted by Gasteiger charge is 2.20. The van der Waals surface area contributed by atoms with Crippen molar-refractivity contribution < 1.29 is 9.59 Å². The molecule has 0 unspecified atom stereocenters. The Kier molecular flexibility index (Phi) is 6.64. The van der Waals surface area contributed by atoms with Crippen LogP contribution in [0.1, 0.15) is 22.9 Å². The lowest BCUT2D eigenvalue weighted by atomic mass is 10.2. The molecule has 0 atom stereocenters. The first-order chi connectivity index (χ1) is 15.1. The van der Waals surface area contributed by atoms with E-state index in [1.807, 2.05) is 66.9 Å². The summed E-state index contributed by atoms with van der Waals surface area (Å²) >= 11 is 3.01. The number of nitrogens with zero attached hydrogens (tertiary/aromatic N) is 2. The molecular weight excluding hydrogens is 426 g/mol. The Morgan fingerprint density at radius 1 is 1.23 bits per heavy atom. The van der Waals surface area contributed by atoms with Crippen LogP contribution in [0.5, 0.6) is 0 Å². The van der Waals surface area contributed by atoms with Crippen molar-refractivity contribution >= 4 is 52.8 Å². The van der Waals surface area contributed by atoms with E-state index in [1.54, 1.807) is 34.7 Å². The maximum atomic E-state index is 12.6. The van der Waals surface area contributed by atoms with Gasteiger partial charge >= 0.3 is 0 Å². The number of hydrogen-bond acceptors (Lipinski definition) is 5. The molecule has 0 saturated heterocycles. The van der Waals surface area contributed by atoms with Gasteiger partial charge in [-0.05, 0) is 59.8 Å². The second kappa shape index (κ2) is 9.76. The maximum Gasteiger partial charge on any atom is 0.262 e. The molecule has 0 bridgehead atoms. The van der Waals surface area contributed by atoms with Crippen LogP contribution in [0.4, 0.5) is 5.69 Å². The number of hydrogen-bond donors (Lipinski definition) is 1. The molecule has 1 aliphatic rings. The molecule has 0 saturated carbocycles. The number of rotatable bonds is 6. The highest BCUT2D eigenvalue weighted by atomic mass is 32.2. The van der Waals surface area contributed by atoms with Crippen molar-refractivity contribution in [3.8, 4) is 0 Å². The number of pyridine rings is 1. The molecule has 5 nitrogen and oxygen atoms in total. The number of aromatic nitrogens is 1. The van der Waals surface area contributed by atoms with Crippen molar-refractivity contribution in [2.75, 3.05) is 11.9 Å². The minimum atomic E-state index is -0.0987. The molecular formula is C24H21N3O2S2. The van der Waals surface area contributed by atoms with Gasteiger partial charge in [0.1, 0.15) is 0 Å². The van der Waals surface area contributed by atoms with Crippen LogP contribution in [-0.2, 0) is 16.1 Å². The highest BCUT2D eigenvalue weighted by Crippen LogP contribution is 2.39. The van der Waals surface area contributed by atoms with Gasteiger partial charge in [-0.3, -0.25) is 14.6 Å². The third-order valence-corrected chi connectivity index (χ3v) is 6.70. The summed E-state index contributed by atoms with van der Waals surface area (Å²) in [5.74, 6) is -0.144. The average molecular weight is 448 g/mol. The number of amides is 2. The van der Waals surface area contributed by atoms with E-state index in [4.69, 9.17) is 0 Å². The van der Waals surface area contributed by atoms with Crippen molar-refractivity contribution in [3.63, 3.8) is 0 Å². The van der Waals surface area contributed by atoms with Gasteiger partial charge in [-0.2, -0.15) is 0 Å². The molecule has 3 aromatic rings. The van der Waals surface area contributed by atoms with E-state index in [1.165, 1.54) is 11.8 Å². The fourth-order valence-corrected chi connectivity index (χ4v) is 4.92. The number of carbonyl (C=O) groups excluding carboxylic acids is 2. The fourth-order valence-electron chi connectivity index (χ4n) is 3.09. The van der Waals surface area contributed by atoms with Crippen LogP contribution in [0, 0.1) is 0 Å². The van der Waals surface area contributed by atoms with E-state index < -0.39 is 0 Å². The quantitative estimate of drug-likeness (QED) is 0.522. The van der Waals surface area contributed by atoms with Crippen LogP contribution in [0.3, 0.4) is 0 Å². The molecule has 0 radical (unpaired) electrons. The Morgan fingerprint density at radius 3 is 2.90 bits per heavy atom. The van der Waals surface area contributed by atoms with Crippen LogP contribution >= 0.6 is 23.1 Å². The topological polar surface area (TPSA) is 62.3 Å². The summed E-state index contributed by atoms with van der Waals surface area (Å²) in [6.45, 7) is 3.11. The zero-order valence-corrected chi connectivity index (χ0v) is 18.6. The number of anilines is 1. The molecule has 4 rings (SSSR count). The molecule has 31 heavy (non-hydrogen) atoms. The minimum Gasteiger partial charge on any atom is -0.335 e. The normalized spacial score (nSPS) is 14.5. The molecule has 7 heteroatoms. The van der Waals surface area contributed by atoms with Crippen LogP contribution in [0.2, 0.25) is 0 Å². The summed E-state index contributed by atoms with van der Waals surface area (Å²) in [7, 11) is 0. The van der Waals surface area contributed by atoms with Crippen LogP contribution < -0.4 is 5.32 Å². The van der Waals surface area contributed by atoms with Gasteiger partial charge < -0.3 is 10.2 Å². The van der Waals surface area contributed by atoms with Crippen molar-refractivity contribution in [2.45, 2.75) is 18.4 Å². The predicted molar refractivity (Wildman–Crippen MR) is 128 cm³/mol. The lowest BCUT2D eigenvalue weighted by molar-refractivity contribution is -0.126. The van der Waals surface area contributed by atoms with Crippen molar-refractivity contribution in [3.05, 3.63) is 87.2 Å². The van der Waals surface area contributed by atoms with Crippen molar-refractivity contribution in [1.82, 2.24) is 9.88 Å². The molecule has 2 amide bonds. The number of benzene rings is 1. The highest BCUT2D eigenvalue weighted by molar-refractivity contribution is 8.04. The second-order valence-electron chi connectivity index (χ2n) is 6.89. The van der Waals surface area contributed by atoms with Gasteiger partial charge in [0.2, 0.25) is 5.91 Å². The summed E-state index contributed by atoms with van der Waals surface area (Å²) in [4.78, 5) is 33.5. The maximum absolute atomic E-state index is 12.6. The smallest absolute Gasteiger partial charge is 0.262 e. The Balaban J connectivity index is 1.43. The minimum absolute atomic E-state index is 0.0451. The Morgan fingerprint density at radius 2 is 2.10 bits per heavy atom. The van der Waals surface area contributed by atoms with E-state index in [0.29, 0.717) is 18.0 Å². The average Bonchev–Trinajstić information content (AvgIpc) is 3.24. The zero-order chi connectivity index (χ0) is 21.6. The van der Waals surface area contributed by atoms with Crippen LogP contribution in [0.15, 0.2) is 76.1 Å². The van der Waals surface area contributed by atoms with Crippen LogP contribution in [0.25, 0.3) is 12.2 Å². The number of fused-ring (bicyclic) bond motifs is 1. The number of nitrogens with one attached hydrogen (secondary N) is 1. The number of thiophene rings is 1. The second-order valence-corrected chi connectivity index (χ2v) is 8.92. The molecule has 0 fully saturated rings. The van der Waals surface area contributed by atoms with E-state index in [9.17, 15) is 9.59 Å². The lowest BCUT2D eigenvalue weighted by Crippen LogP contribution is -2.28.